The second kappa shape index (κ2) is 8.58. The molecule has 3 heteroatoms. The predicted octanol–water partition coefficient (Wildman–Crippen LogP) is 3.23. The Morgan fingerprint density at radius 2 is 2.00 bits per heavy atom. The molecule has 16 heavy (non-hydrogen) atoms. The fraction of sp³-hybridized carbons (Fsp3) is 0.385. The van der Waals surface area contributed by atoms with Crippen LogP contribution in [0, 0.1) is 3.57 Å². The largest absolute Gasteiger partial charge is 0.494 e. The van der Waals surface area contributed by atoms with Crippen LogP contribution < -0.4 is 10.1 Å². The van der Waals surface area contributed by atoms with Crippen LogP contribution in [0.1, 0.15) is 12.8 Å². The molecule has 0 unspecified atom stereocenters. The fourth-order valence-corrected chi connectivity index (χ4v) is 1.64. The van der Waals surface area contributed by atoms with Crippen molar-refractivity contribution >= 4 is 22.6 Å². The van der Waals surface area contributed by atoms with E-state index in [-0.39, 0.29) is 0 Å². The van der Waals surface area contributed by atoms with Crippen molar-refractivity contribution in [2.24, 2.45) is 0 Å². The second-order valence-electron chi connectivity index (χ2n) is 3.50. The molecule has 1 N–H and O–H groups in total. The maximum atomic E-state index is 5.62. The molecule has 1 aromatic rings. The quantitative estimate of drug-likeness (QED) is 0.449. The molecule has 0 bridgehead atoms. The van der Waals surface area contributed by atoms with Crippen molar-refractivity contribution < 1.29 is 4.74 Å². The van der Waals surface area contributed by atoms with E-state index in [2.05, 4.69) is 46.6 Å². The van der Waals surface area contributed by atoms with Gasteiger partial charge in [-0.05, 0) is 66.2 Å². The van der Waals surface area contributed by atoms with E-state index in [1.807, 2.05) is 18.2 Å². The molecule has 0 spiro atoms. The second-order valence-corrected chi connectivity index (χ2v) is 4.75. The van der Waals surface area contributed by atoms with Gasteiger partial charge in [-0.15, -0.1) is 6.58 Å². The van der Waals surface area contributed by atoms with E-state index in [1.165, 1.54) is 3.57 Å². The van der Waals surface area contributed by atoms with Crippen molar-refractivity contribution in [2.45, 2.75) is 12.8 Å². The highest BCUT2D eigenvalue weighted by atomic mass is 127. The van der Waals surface area contributed by atoms with E-state index in [4.69, 9.17) is 4.74 Å². The first-order valence-electron chi connectivity index (χ1n) is 5.53. The minimum atomic E-state index is 0.788. The number of unbranched alkanes of at least 4 members (excludes halogenated alkanes) is 1. The normalized spacial score (nSPS) is 10.1. The van der Waals surface area contributed by atoms with Gasteiger partial charge in [0, 0.05) is 10.1 Å². The monoisotopic (exact) mass is 331 g/mol. The van der Waals surface area contributed by atoms with Gasteiger partial charge in [0.25, 0.3) is 0 Å². The number of hydrogen-bond acceptors (Lipinski definition) is 2. The molecule has 0 saturated heterocycles. The lowest BCUT2D eigenvalue weighted by molar-refractivity contribution is 0.306. The molecule has 0 fully saturated rings. The molecule has 2 nitrogen and oxygen atoms in total. The molecule has 88 valence electrons. The van der Waals surface area contributed by atoms with Gasteiger partial charge in [-0.25, -0.2) is 0 Å². The minimum absolute atomic E-state index is 0.788. The molecule has 0 radical (unpaired) electrons. The van der Waals surface area contributed by atoms with E-state index >= 15 is 0 Å². The Morgan fingerprint density at radius 1 is 1.25 bits per heavy atom. The van der Waals surface area contributed by atoms with E-state index in [0.717, 1.165) is 38.3 Å². The Balaban J connectivity index is 2.02. The number of rotatable bonds is 8. The first-order chi connectivity index (χ1) is 7.83. The van der Waals surface area contributed by atoms with Crippen LogP contribution in [-0.4, -0.2) is 19.7 Å². The van der Waals surface area contributed by atoms with Gasteiger partial charge in [0.05, 0.1) is 6.61 Å². The number of nitrogens with one attached hydrogen (secondary N) is 1. The summed E-state index contributed by atoms with van der Waals surface area (Å²) >= 11 is 2.29. The van der Waals surface area contributed by atoms with Crippen LogP contribution in [0.3, 0.4) is 0 Å². The maximum absolute atomic E-state index is 5.62. The smallest absolute Gasteiger partial charge is 0.119 e. The Hall–Kier alpha value is -0.550. The zero-order valence-electron chi connectivity index (χ0n) is 9.42. The first-order valence-corrected chi connectivity index (χ1v) is 6.61. The number of hydrogen-bond donors (Lipinski definition) is 1. The molecule has 0 atom stereocenters. The standard InChI is InChI=1S/C13H18INO/c1-2-9-15-10-3-4-11-16-13-7-5-12(14)6-8-13/h2,5-8,15H,1,3-4,9-11H2. The highest BCUT2D eigenvalue weighted by molar-refractivity contribution is 14.1. The van der Waals surface area contributed by atoms with Crippen LogP contribution in [0.15, 0.2) is 36.9 Å². The van der Waals surface area contributed by atoms with Crippen molar-refractivity contribution in [1.82, 2.24) is 5.32 Å². The Kier molecular flexibility index (Phi) is 7.25. The summed E-state index contributed by atoms with van der Waals surface area (Å²) in [5.41, 5.74) is 0. The van der Waals surface area contributed by atoms with Gasteiger partial charge >= 0.3 is 0 Å². The van der Waals surface area contributed by atoms with Crippen molar-refractivity contribution in [3.8, 4) is 5.75 Å². The Morgan fingerprint density at radius 3 is 2.69 bits per heavy atom. The van der Waals surface area contributed by atoms with Crippen LogP contribution in [0.2, 0.25) is 0 Å². The Labute approximate surface area is 111 Å². The third-order valence-corrected chi connectivity index (χ3v) is 2.84. The van der Waals surface area contributed by atoms with Gasteiger partial charge in [-0.2, -0.15) is 0 Å². The predicted molar refractivity (Wildman–Crippen MR) is 77.0 cm³/mol. The summed E-state index contributed by atoms with van der Waals surface area (Å²) in [5.74, 6) is 0.958. The van der Waals surface area contributed by atoms with Gasteiger partial charge < -0.3 is 10.1 Å². The van der Waals surface area contributed by atoms with Crippen molar-refractivity contribution in [3.63, 3.8) is 0 Å². The maximum Gasteiger partial charge on any atom is 0.119 e. The zero-order chi connectivity index (χ0) is 11.6. The molecular formula is C13H18INO. The third-order valence-electron chi connectivity index (χ3n) is 2.12. The van der Waals surface area contributed by atoms with Crippen LogP contribution >= 0.6 is 22.6 Å². The van der Waals surface area contributed by atoms with Gasteiger partial charge in [-0.1, -0.05) is 6.08 Å². The van der Waals surface area contributed by atoms with Crippen molar-refractivity contribution in [1.29, 1.82) is 0 Å². The molecule has 1 aromatic carbocycles. The average Bonchev–Trinajstić information content (AvgIpc) is 2.30. The summed E-state index contributed by atoms with van der Waals surface area (Å²) in [6, 6.07) is 8.14. The molecule has 1 rings (SSSR count). The molecule has 0 heterocycles. The summed E-state index contributed by atoms with van der Waals surface area (Å²) in [7, 11) is 0. The van der Waals surface area contributed by atoms with Gasteiger partial charge in [0.1, 0.15) is 5.75 Å². The number of ether oxygens (including phenoxy) is 1. The first kappa shape index (κ1) is 13.5. The average molecular weight is 331 g/mol. The van der Waals surface area contributed by atoms with E-state index in [9.17, 15) is 0 Å². The summed E-state index contributed by atoms with van der Waals surface area (Å²) in [4.78, 5) is 0. The highest BCUT2D eigenvalue weighted by Crippen LogP contribution is 2.13. The van der Waals surface area contributed by atoms with Gasteiger partial charge in [-0.3, -0.25) is 0 Å². The molecule has 0 aliphatic carbocycles. The van der Waals surface area contributed by atoms with E-state index < -0.39 is 0 Å². The lowest BCUT2D eigenvalue weighted by atomic mass is 10.3. The van der Waals surface area contributed by atoms with Gasteiger partial charge in [0.15, 0.2) is 0 Å². The van der Waals surface area contributed by atoms with Crippen LogP contribution in [0.4, 0.5) is 0 Å². The molecular weight excluding hydrogens is 313 g/mol. The molecule has 0 aliphatic rings. The topological polar surface area (TPSA) is 21.3 Å². The molecule has 0 saturated carbocycles. The van der Waals surface area contributed by atoms with E-state index in [0.29, 0.717) is 0 Å². The lowest BCUT2D eigenvalue weighted by Gasteiger charge is -2.06. The minimum Gasteiger partial charge on any atom is -0.494 e. The van der Waals surface area contributed by atoms with Crippen LogP contribution in [-0.2, 0) is 0 Å². The SMILES string of the molecule is C=CCNCCCCOc1ccc(I)cc1. The lowest BCUT2D eigenvalue weighted by Crippen LogP contribution is -2.15. The molecule has 0 amide bonds. The fourth-order valence-electron chi connectivity index (χ4n) is 1.28. The summed E-state index contributed by atoms with van der Waals surface area (Å²) in [6.07, 6.45) is 4.09. The number of halogens is 1. The highest BCUT2D eigenvalue weighted by Gasteiger charge is 1.93. The van der Waals surface area contributed by atoms with Crippen LogP contribution in [0.5, 0.6) is 5.75 Å². The summed E-state index contributed by atoms with van der Waals surface area (Å²) in [5, 5.41) is 3.27. The summed E-state index contributed by atoms with van der Waals surface area (Å²) < 4.78 is 6.85. The van der Waals surface area contributed by atoms with Crippen molar-refractivity contribution in [2.75, 3.05) is 19.7 Å². The van der Waals surface area contributed by atoms with E-state index in [1.54, 1.807) is 0 Å². The molecule has 0 aromatic heterocycles. The zero-order valence-corrected chi connectivity index (χ0v) is 11.6. The van der Waals surface area contributed by atoms with Gasteiger partial charge in [0.2, 0.25) is 0 Å². The van der Waals surface area contributed by atoms with Crippen molar-refractivity contribution in [3.05, 3.63) is 40.5 Å². The summed E-state index contributed by atoms with van der Waals surface area (Å²) in [6.45, 7) is 6.36. The Bertz CT molecular complexity index is 297. The third kappa shape index (κ3) is 6.12. The number of benzene rings is 1. The van der Waals surface area contributed by atoms with Crippen LogP contribution in [0.25, 0.3) is 0 Å². The molecule has 0 aliphatic heterocycles.